The molecule has 3 aromatic rings. The number of hydrogen-bond donors (Lipinski definition) is 1. The quantitative estimate of drug-likeness (QED) is 0.626. The lowest BCUT2D eigenvalue weighted by molar-refractivity contribution is -0.152. The molecule has 1 fully saturated rings. The van der Waals surface area contributed by atoms with E-state index < -0.39 is 18.0 Å². The minimum atomic E-state index is -0.936. The zero-order valence-electron chi connectivity index (χ0n) is 16.7. The summed E-state index contributed by atoms with van der Waals surface area (Å²) in [6, 6.07) is 14.8. The zero-order chi connectivity index (χ0) is 20.9. The van der Waals surface area contributed by atoms with Crippen LogP contribution in [0.2, 0.25) is 0 Å². The maximum Gasteiger partial charge on any atom is 0.312 e. The molecule has 0 aliphatic carbocycles. The molecule has 2 heterocycles. The summed E-state index contributed by atoms with van der Waals surface area (Å²) < 4.78 is 15.8. The van der Waals surface area contributed by atoms with Crippen molar-refractivity contribution < 1.29 is 23.6 Å². The number of benzene rings is 2. The predicted octanol–water partition coefficient (Wildman–Crippen LogP) is 2.78. The summed E-state index contributed by atoms with van der Waals surface area (Å²) >= 11 is 0. The summed E-state index contributed by atoms with van der Waals surface area (Å²) in [5.74, 6) is -0.938. The second kappa shape index (κ2) is 8.96. The van der Waals surface area contributed by atoms with E-state index in [4.69, 9.17) is 14.0 Å². The molecule has 2 aromatic carbocycles. The zero-order valence-corrected chi connectivity index (χ0v) is 16.7. The van der Waals surface area contributed by atoms with Crippen LogP contribution in [0, 0.1) is 0 Å². The van der Waals surface area contributed by atoms with Crippen LogP contribution >= 0.6 is 0 Å². The Kier molecular flexibility index (Phi) is 5.94. The number of carbonyl (C=O) groups is 2. The van der Waals surface area contributed by atoms with Gasteiger partial charge in [0, 0.05) is 29.9 Å². The number of anilines is 2. The number of esters is 1. The first-order valence-electron chi connectivity index (χ1n) is 9.86. The third-order valence-electron chi connectivity index (χ3n) is 4.95. The fourth-order valence-electron chi connectivity index (χ4n) is 3.32. The van der Waals surface area contributed by atoms with Crippen LogP contribution in [0.5, 0.6) is 0 Å². The van der Waals surface area contributed by atoms with Crippen molar-refractivity contribution in [3.63, 3.8) is 0 Å². The predicted molar refractivity (Wildman–Crippen MR) is 111 cm³/mol. The number of fused-ring (bicyclic) bond motifs is 1. The van der Waals surface area contributed by atoms with Crippen LogP contribution in [0.1, 0.15) is 12.6 Å². The maximum atomic E-state index is 12.4. The molecule has 1 saturated heterocycles. The first-order chi connectivity index (χ1) is 14.6. The molecule has 1 aliphatic heterocycles. The summed E-state index contributed by atoms with van der Waals surface area (Å²) in [7, 11) is 0. The van der Waals surface area contributed by atoms with Gasteiger partial charge < -0.3 is 24.2 Å². The molecule has 8 heteroatoms. The number of rotatable bonds is 6. The molecule has 0 saturated carbocycles. The number of ether oxygens (including phenoxy) is 2. The second-order valence-electron chi connectivity index (χ2n) is 7.07. The highest BCUT2D eigenvalue weighted by Gasteiger charge is 2.20. The smallest absolute Gasteiger partial charge is 0.312 e. The summed E-state index contributed by atoms with van der Waals surface area (Å²) in [4.78, 5) is 26.9. The second-order valence-corrected chi connectivity index (χ2v) is 7.07. The highest BCUT2D eigenvalue weighted by Crippen LogP contribution is 2.20. The largest absolute Gasteiger partial charge is 0.452 e. The molecular formula is C22H23N3O5. The van der Waals surface area contributed by atoms with Crippen molar-refractivity contribution in [3.8, 4) is 0 Å². The highest BCUT2D eigenvalue weighted by atomic mass is 16.5. The van der Waals surface area contributed by atoms with Crippen LogP contribution in [0.4, 0.5) is 11.4 Å². The molecule has 1 aliphatic rings. The van der Waals surface area contributed by atoms with Crippen molar-refractivity contribution in [3.05, 3.63) is 54.2 Å². The van der Waals surface area contributed by atoms with Crippen LogP contribution < -0.4 is 10.2 Å². The lowest BCUT2D eigenvalue weighted by Gasteiger charge is -2.28. The van der Waals surface area contributed by atoms with Gasteiger partial charge in [-0.15, -0.1) is 0 Å². The average molecular weight is 409 g/mol. The lowest BCUT2D eigenvalue weighted by Crippen LogP contribution is -2.36. The third-order valence-corrected chi connectivity index (χ3v) is 4.95. The van der Waals surface area contributed by atoms with E-state index >= 15 is 0 Å². The van der Waals surface area contributed by atoms with Gasteiger partial charge in [-0.2, -0.15) is 0 Å². The van der Waals surface area contributed by atoms with Crippen LogP contribution in [-0.2, 0) is 25.5 Å². The maximum absolute atomic E-state index is 12.4. The monoisotopic (exact) mass is 409 g/mol. The van der Waals surface area contributed by atoms with Crippen molar-refractivity contribution in [1.29, 1.82) is 0 Å². The van der Waals surface area contributed by atoms with Crippen molar-refractivity contribution in [2.24, 2.45) is 0 Å². The molecule has 1 amide bonds. The molecule has 156 valence electrons. The van der Waals surface area contributed by atoms with E-state index in [9.17, 15) is 9.59 Å². The molecule has 0 bridgehead atoms. The summed E-state index contributed by atoms with van der Waals surface area (Å²) in [5.41, 5.74) is 2.81. The Morgan fingerprint density at radius 3 is 2.63 bits per heavy atom. The van der Waals surface area contributed by atoms with Crippen LogP contribution in [0.15, 0.2) is 53.1 Å². The molecule has 1 aromatic heterocycles. The van der Waals surface area contributed by atoms with Crippen molar-refractivity contribution in [2.45, 2.75) is 19.4 Å². The number of para-hydroxylation sites is 1. The van der Waals surface area contributed by atoms with E-state index in [1.165, 1.54) is 6.92 Å². The Morgan fingerprint density at radius 2 is 1.87 bits per heavy atom. The van der Waals surface area contributed by atoms with E-state index in [0.717, 1.165) is 24.2 Å². The molecule has 4 rings (SSSR count). The molecule has 0 unspecified atom stereocenters. The number of nitrogens with one attached hydrogen (secondary N) is 1. The topological polar surface area (TPSA) is 93.9 Å². The minimum Gasteiger partial charge on any atom is -0.452 e. The fourth-order valence-corrected chi connectivity index (χ4v) is 3.32. The van der Waals surface area contributed by atoms with Gasteiger partial charge >= 0.3 is 5.97 Å². The first-order valence-corrected chi connectivity index (χ1v) is 9.86. The Bertz CT molecular complexity index is 1020. The molecule has 1 atom stereocenters. The molecule has 1 N–H and O–H groups in total. The van der Waals surface area contributed by atoms with Gasteiger partial charge in [0.25, 0.3) is 5.91 Å². The van der Waals surface area contributed by atoms with Crippen LogP contribution in [-0.4, -0.2) is 49.4 Å². The normalized spacial score (nSPS) is 15.0. The lowest BCUT2D eigenvalue weighted by atomic mass is 10.2. The van der Waals surface area contributed by atoms with Crippen LogP contribution in [0.25, 0.3) is 11.0 Å². The average Bonchev–Trinajstić information content (AvgIpc) is 3.17. The van der Waals surface area contributed by atoms with Gasteiger partial charge in [0.1, 0.15) is 5.69 Å². The van der Waals surface area contributed by atoms with Gasteiger partial charge in [0.05, 0.1) is 19.6 Å². The minimum absolute atomic E-state index is 0.0666. The Morgan fingerprint density at radius 1 is 1.13 bits per heavy atom. The molecule has 0 spiro atoms. The molecule has 30 heavy (non-hydrogen) atoms. The van der Waals surface area contributed by atoms with E-state index in [2.05, 4.69) is 15.4 Å². The molecule has 0 radical (unpaired) electrons. The van der Waals surface area contributed by atoms with E-state index in [0.29, 0.717) is 30.2 Å². The number of aromatic nitrogens is 1. The van der Waals surface area contributed by atoms with E-state index in [-0.39, 0.29) is 6.42 Å². The van der Waals surface area contributed by atoms with Gasteiger partial charge in [0.2, 0.25) is 0 Å². The first kappa shape index (κ1) is 19.9. The van der Waals surface area contributed by atoms with Gasteiger partial charge in [-0.3, -0.25) is 9.59 Å². The van der Waals surface area contributed by atoms with E-state index in [1.807, 2.05) is 42.5 Å². The van der Waals surface area contributed by atoms with Gasteiger partial charge in [-0.1, -0.05) is 17.3 Å². The van der Waals surface area contributed by atoms with Crippen molar-refractivity contribution in [2.75, 3.05) is 36.5 Å². The Hall–Kier alpha value is -3.39. The molecular weight excluding hydrogens is 386 g/mol. The standard InChI is InChI=1S/C22H23N3O5/c1-15(29-21(26)14-19-18-4-2-3-5-20(18)30-24-19)22(27)23-16-6-8-17(9-7-16)25-10-12-28-13-11-25/h2-9,15H,10-14H2,1H3,(H,23,27)/t15-/m1/s1. The van der Waals surface area contributed by atoms with Crippen molar-refractivity contribution >= 4 is 34.2 Å². The van der Waals surface area contributed by atoms with Crippen LogP contribution in [0.3, 0.4) is 0 Å². The highest BCUT2D eigenvalue weighted by molar-refractivity contribution is 5.95. The summed E-state index contributed by atoms with van der Waals surface area (Å²) in [5, 5.41) is 7.44. The fraction of sp³-hybridized carbons (Fsp3) is 0.318. The van der Waals surface area contributed by atoms with E-state index in [1.54, 1.807) is 6.07 Å². The third kappa shape index (κ3) is 4.60. The Balaban J connectivity index is 1.30. The van der Waals surface area contributed by atoms with Crippen molar-refractivity contribution in [1.82, 2.24) is 5.16 Å². The van der Waals surface area contributed by atoms with Gasteiger partial charge in [-0.05, 0) is 43.3 Å². The number of hydrogen-bond acceptors (Lipinski definition) is 7. The number of nitrogens with zero attached hydrogens (tertiary/aromatic N) is 2. The summed E-state index contributed by atoms with van der Waals surface area (Å²) in [6.45, 7) is 4.66. The Labute approximate surface area is 173 Å². The summed E-state index contributed by atoms with van der Waals surface area (Å²) in [6.07, 6.45) is -1.00. The SMILES string of the molecule is C[C@@H](OC(=O)Cc1noc2ccccc12)C(=O)Nc1ccc(N2CCOCC2)cc1. The molecule has 8 nitrogen and oxygen atoms in total. The number of carbonyl (C=O) groups excluding carboxylic acids is 2. The van der Waals surface area contributed by atoms with Gasteiger partial charge in [0.15, 0.2) is 11.7 Å². The van der Waals surface area contributed by atoms with Gasteiger partial charge in [-0.25, -0.2) is 0 Å². The number of amides is 1. The number of morpholine rings is 1.